The van der Waals surface area contributed by atoms with Crippen LogP contribution >= 0.6 is 12.0 Å². The van der Waals surface area contributed by atoms with E-state index in [1.165, 1.54) is 17.6 Å². The molecule has 0 saturated heterocycles. The van der Waals surface area contributed by atoms with Gasteiger partial charge in [0.25, 0.3) is 0 Å². The highest BCUT2D eigenvalue weighted by Gasteiger charge is 1.96. The Kier molecular flexibility index (Phi) is 19.5. The van der Waals surface area contributed by atoms with Crippen LogP contribution < -0.4 is 0 Å². The van der Waals surface area contributed by atoms with Gasteiger partial charge in [0.05, 0.1) is 92.5 Å². The van der Waals surface area contributed by atoms with Crippen LogP contribution in [0.2, 0.25) is 0 Å². The second-order valence-corrected chi connectivity index (χ2v) is 6.99. The van der Waals surface area contributed by atoms with E-state index in [-0.39, 0.29) is 6.61 Å². The maximum Gasteiger partial charge on any atom is 0.0852 e. The number of benzene rings is 1. The molecular formula is C21H36O8S. The summed E-state index contributed by atoms with van der Waals surface area (Å²) < 4.78 is 37.6. The number of aryl methyl sites for hydroxylation is 1. The molecule has 1 aromatic rings. The van der Waals surface area contributed by atoms with Crippen LogP contribution in [0.4, 0.5) is 0 Å². The van der Waals surface area contributed by atoms with Crippen molar-refractivity contribution in [3.63, 3.8) is 0 Å². The Bertz CT molecular complexity index is 475. The van der Waals surface area contributed by atoms with Crippen molar-refractivity contribution in [2.45, 2.75) is 11.8 Å². The van der Waals surface area contributed by atoms with E-state index in [0.29, 0.717) is 85.9 Å². The first-order valence-electron chi connectivity index (χ1n) is 10.3. The van der Waals surface area contributed by atoms with Gasteiger partial charge in [-0.1, -0.05) is 17.7 Å². The van der Waals surface area contributed by atoms with Crippen molar-refractivity contribution < 1.29 is 37.7 Å². The zero-order chi connectivity index (χ0) is 21.5. The van der Waals surface area contributed by atoms with E-state index in [4.69, 9.17) is 37.7 Å². The normalized spacial score (nSPS) is 11.3. The highest BCUT2D eigenvalue weighted by Crippen LogP contribution is 2.18. The summed E-state index contributed by atoms with van der Waals surface area (Å²) in [4.78, 5) is 1.09. The average molecular weight is 449 g/mol. The Morgan fingerprint density at radius 2 is 0.933 bits per heavy atom. The minimum Gasteiger partial charge on any atom is -0.394 e. The van der Waals surface area contributed by atoms with Crippen LogP contribution in [0, 0.1) is 6.92 Å². The van der Waals surface area contributed by atoms with Gasteiger partial charge in [-0.3, -0.25) is 0 Å². The van der Waals surface area contributed by atoms with Crippen LogP contribution in [-0.2, 0) is 32.6 Å². The van der Waals surface area contributed by atoms with Gasteiger partial charge in [0.15, 0.2) is 0 Å². The molecule has 0 radical (unpaired) electrons. The Labute approximate surface area is 184 Å². The van der Waals surface area contributed by atoms with Gasteiger partial charge in [-0.15, -0.1) is 0 Å². The molecule has 0 aliphatic rings. The van der Waals surface area contributed by atoms with Gasteiger partial charge in [0.1, 0.15) is 0 Å². The molecule has 0 aromatic heterocycles. The van der Waals surface area contributed by atoms with Crippen LogP contribution in [0.15, 0.2) is 29.2 Å². The molecule has 0 saturated carbocycles. The van der Waals surface area contributed by atoms with E-state index in [0.717, 1.165) is 4.90 Å². The lowest BCUT2D eigenvalue weighted by atomic mass is 10.2. The molecule has 30 heavy (non-hydrogen) atoms. The lowest BCUT2D eigenvalue weighted by Gasteiger charge is -2.08. The third-order valence-corrected chi connectivity index (χ3v) is 4.33. The molecule has 0 heterocycles. The highest BCUT2D eigenvalue weighted by atomic mass is 32.2. The molecule has 0 atom stereocenters. The monoisotopic (exact) mass is 448 g/mol. The van der Waals surface area contributed by atoms with Gasteiger partial charge in [-0.25, -0.2) is 0 Å². The van der Waals surface area contributed by atoms with Crippen LogP contribution in [0.1, 0.15) is 5.56 Å². The van der Waals surface area contributed by atoms with Gasteiger partial charge in [0.2, 0.25) is 0 Å². The molecule has 1 rings (SSSR count). The van der Waals surface area contributed by atoms with Crippen molar-refractivity contribution in [1.29, 1.82) is 0 Å². The van der Waals surface area contributed by atoms with E-state index < -0.39 is 0 Å². The topological polar surface area (TPSA) is 84.8 Å². The number of ether oxygens (including phenoxy) is 6. The van der Waals surface area contributed by atoms with Crippen LogP contribution in [-0.4, -0.2) is 97.6 Å². The maximum atomic E-state index is 8.54. The first kappa shape index (κ1) is 27.3. The second kappa shape index (κ2) is 21.5. The van der Waals surface area contributed by atoms with Crippen LogP contribution in [0.3, 0.4) is 0 Å². The molecule has 0 spiro atoms. The number of hydrogen-bond acceptors (Lipinski definition) is 9. The molecule has 174 valence electrons. The fourth-order valence-corrected chi connectivity index (χ4v) is 2.60. The molecule has 0 fully saturated rings. The lowest BCUT2D eigenvalue weighted by molar-refractivity contribution is -0.0189. The summed E-state index contributed by atoms with van der Waals surface area (Å²) in [6, 6.07) is 8.20. The number of hydrogen-bond donors (Lipinski definition) is 1. The molecule has 0 aliphatic heterocycles. The molecule has 8 nitrogen and oxygen atoms in total. The minimum absolute atomic E-state index is 0.0338. The predicted octanol–water partition coefficient (Wildman–Crippen LogP) is 2.11. The summed E-state index contributed by atoms with van der Waals surface area (Å²) in [5.41, 5.74) is 1.24. The summed E-state index contributed by atoms with van der Waals surface area (Å²) in [5, 5.41) is 8.54. The smallest absolute Gasteiger partial charge is 0.0852 e. The number of rotatable bonds is 22. The molecule has 1 aromatic carbocycles. The Hall–Kier alpha value is -0.750. The van der Waals surface area contributed by atoms with E-state index >= 15 is 0 Å². The van der Waals surface area contributed by atoms with E-state index in [1.54, 1.807) is 0 Å². The van der Waals surface area contributed by atoms with Crippen molar-refractivity contribution in [3.8, 4) is 0 Å². The van der Waals surface area contributed by atoms with Crippen molar-refractivity contribution in [2.24, 2.45) is 0 Å². The van der Waals surface area contributed by atoms with E-state index in [1.807, 2.05) is 12.1 Å². The fourth-order valence-electron chi connectivity index (χ4n) is 2.06. The van der Waals surface area contributed by atoms with Gasteiger partial charge in [0, 0.05) is 16.9 Å². The third kappa shape index (κ3) is 18.1. The van der Waals surface area contributed by atoms with E-state index in [2.05, 4.69) is 19.1 Å². The van der Waals surface area contributed by atoms with Crippen molar-refractivity contribution in [2.75, 3.05) is 92.5 Å². The molecule has 0 bridgehead atoms. The van der Waals surface area contributed by atoms with E-state index in [9.17, 15) is 0 Å². The van der Waals surface area contributed by atoms with Crippen molar-refractivity contribution in [1.82, 2.24) is 0 Å². The highest BCUT2D eigenvalue weighted by molar-refractivity contribution is 7.94. The van der Waals surface area contributed by atoms with Gasteiger partial charge in [-0.2, -0.15) is 0 Å². The molecule has 0 aliphatic carbocycles. The SMILES string of the molecule is Cc1ccc(SOCCOCCOCCOCCOCCOCCOCCO)cc1. The average Bonchev–Trinajstić information content (AvgIpc) is 2.76. The van der Waals surface area contributed by atoms with Crippen LogP contribution in [0.5, 0.6) is 0 Å². The standard InChI is InChI=1S/C21H36O8S/c1-20-2-4-21(5-3-20)30-29-19-18-28-17-16-27-15-14-26-13-12-25-11-10-24-9-8-23-7-6-22/h2-5,22H,6-19H2,1H3. The Morgan fingerprint density at radius 1 is 0.567 bits per heavy atom. The maximum absolute atomic E-state index is 8.54. The minimum atomic E-state index is 0.0338. The summed E-state index contributed by atoms with van der Waals surface area (Å²) in [6.07, 6.45) is 0. The summed E-state index contributed by atoms with van der Waals surface area (Å²) in [6.45, 7) is 8.69. The van der Waals surface area contributed by atoms with Gasteiger partial charge in [-0.05, 0) is 19.1 Å². The number of aliphatic hydroxyl groups is 1. The molecule has 1 N–H and O–H groups in total. The van der Waals surface area contributed by atoms with Crippen LogP contribution in [0.25, 0.3) is 0 Å². The Morgan fingerprint density at radius 3 is 1.33 bits per heavy atom. The second-order valence-electron chi connectivity index (χ2n) is 6.12. The summed E-state index contributed by atoms with van der Waals surface area (Å²) in [7, 11) is 0. The lowest BCUT2D eigenvalue weighted by Crippen LogP contribution is -2.14. The molecule has 9 heteroatoms. The largest absolute Gasteiger partial charge is 0.394 e. The molecular weight excluding hydrogens is 412 g/mol. The van der Waals surface area contributed by atoms with Crippen molar-refractivity contribution in [3.05, 3.63) is 29.8 Å². The van der Waals surface area contributed by atoms with Gasteiger partial charge < -0.3 is 37.7 Å². The summed E-state index contributed by atoms with van der Waals surface area (Å²) in [5.74, 6) is 0. The van der Waals surface area contributed by atoms with Crippen molar-refractivity contribution >= 4 is 12.0 Å². The first-order valence-corrected chi connectivity index (χ1v) is 11.0. The predicted molar refractivity (Wildman–Crippen MR) is 115 cm³/mol. The molecule has 0 amide bonds. The quantitative estimate of drug-likeness (QED) is 0.212. The zero-order valence-corrected chi connectivity index (χ0v) is 18.7. The summed E-state index contributed by atoms with van der Waals surface area (Å²) >= 11 is 1.36. The zero-order valence-electron chi connectivity index (χ0n) is 17.9. The fraction of sp³-hybridized carbons (Fsp3) is 0.714. The first-order chi connectivity index (χ1) is 14.8. The molecule has 0 unspecified atom stereocenters. The number of aliphatic hydroxyl groups excluding tert-OH is 1. The Balaban J connectivity index is 1.68. The third-order valence-electron chi connectivity index (χ3n) is 3.58. The van der Waals surface area contributed by atoms with Gasteiger partial charge >= 0.3 is 0 Å².